The normalized spacial score (nSPS) is 14.9. The lowest BCUT2D eigenvalue weighted by molar-refractivity contribution is 0.312. The van der Waals surface area contributed by atoms with Crippen LogP contribution in [-0.4, -0.2) is 48.1 Å². The Labute approximate surface area is 158 Å². The Morgan fingerprint density at radius 1 is 0.923 bits per heavy atom. The zero-order valence-electron chi connectivity index (χ0n) is 14.5. The highest BCUT2D eigenvalue weighted by atomic mass is 35.5. The third kappa shape index (κ3) is 3.86. The number of para-hydroxylation sites is 1. The second kappa shape index (κ2) is 7.85. The fourth-order valence-electron chi connectivity index (χ4n) is 3.04. The molecule has 0 amide bonds. The molecule has 0 atom stereocenters. The first kappa shape index (κ1) is 18.4. The highest BCUT2D eigenvalue weighted by Gasteiger charge is 2.19. The van der Waals surface area contributed by atoms with Gasteiger partial charge in [-0.25, -0.2) is 9.37 Å². The molecule has 1 aliphatic heterocycles. The molecule has 2 heterocycles. The molecule has 0 aliphatic carbocycles. The van der Waals surface area contributed by atoms with E-state index in [1.165, 1.54) is 12.1 Å². The summed E-state index contributed by atoms with van der Waals surface area (Å²) in [5, 5.41) is 4.24. The molecule has 0 spiro atoms. The maximum absolute atomic E-state index is 13.1. The van der Waals surface area contributed by atoms with Crippen LogP contribution in [0.4, 0.5) is 21.8 Å². The summed E-state index contributed by atoms with van der Waals surface area (Å²) in [6.07, 6.45) is 0. The minimum Gasteiger partial charge on any atom is -0.353 e. The summed E-state index contributed by atoms with van der Waals surface area (Å²) in [4.78, 5) is 14.0. The number of piperazine rings is 1. The van der Waals surface area contributed by atoms with E-state index in [1.807, 2.05) is 18.2 Å². The molecule has 5 nitrogen and oxygen atoms in total. The first-order valence-corrected chi connectivity index (χ1v) is 8.42. The van der Waals surface area contributed by atoms with E-state index in [-0.39, 0.29) is 18.2 Å². The van der Waals surface area contributed by atoms with E-state index in [1.54, 1.807) is 12.1 Å². The van der Waals surface area contributed by atoms with Crippen LogP contribution in [0.3, 0.4) is 0 Å². The Balaban J connectivity index is 0.00000196. The van der Waals surface area contributed by atoms with Gasteiger partial charge in [0.15, 0.2) is 0 Å². The van der Waals surface area contributed by atoms with Crippen LogP contribution in [0.25, 0.3) is 10.9 Å². The summed E-state index contributed by atoms with van der Waals surface area (Å²) in [5.74, 6) is 1.21. The molecular formula is C19H21ClFN5. The zero-order chi connectivity index (χ0) is 17.2. The number of hydrogen-bond acceptors (Lipinski definition) is 5. The molecule has 1 aliphatic rings. The first-order chi connectivity index (χ1) is 12.2. The fraction of sp³-hybridized carbons (Fsp3) is 0.263. The van der Waals surface area contributed by atoms with Gasteiger partial charge >= 0.3 is 0 Å². The molecule has 0 saturated carbocycles. The minimum atomic E-state index is -0.261. The third-order valence-electron chi connectivity index (χ3n) is 4.49. The topological polar surface area (TPSA) is 44.3 Å². The third-order valence-corrected chi connectivity index (χ3v) is 4.49. The standard InChI is InChI=1S/C19H20FN5.ClH/c1-24-10-12-25(13-11-24)18-16-4-2-3-5-17(16)22-19(23-18)21-15-8-6-14(20)7-9-15;/h2-9H,10-13H2,1H3,(H,21,22,23);1H. The number of halogens is 2. The second-order valence-electron chi connectivity index (χ2n) is 6.31. The summed E-state index contributed by atoms with van der Waals surface area (Å²) in [7, 11) is 2.14. The zero-order valence-corrected chi connectivity index (χ0v) is 15.3. The summed E-state index contributed by atoms with van der Waals surface area (Å²) in [5.41, 5.74) is 1.66. The molecule has 3 aromatic rings. The van der Waals surface area contributed by atoms with Crippen LogP contribution in [0.5, 0.6) is 0 Å². The molecular weight excluding hydrogens is 353 g/mol. The van der Waals surface area contributed by atoms with Gasteiger partial charge in [-0.15, -0.1) is 12.4 Å². The highest BCUT2D eigenvalue weighted by molar-refractivity contribution is 5.90. The van der Waals surface area contributed by atoms with Gasteiger partial charge in [-0.3, -0.25) is 0 Å². The van der Waals surface area contributed by atoms with Crippen molar-refractivity contribution < 1.29 is 4.39 Å². The van der Waals surface area contributed by atoms with Crippen molar-refractivity contribution in [1.82, 2.24) is 14.9 Å². The lowest BCUT2D eigenvalue weighted by atomic mass is 10.2. The van der Waals surface area contributed by atoms with E-state index in [0.717, 1.165) is 48.6 Å². The van der Waals surface area contributed by atoms with E-state index in [9.17, 15) is 4.39 Å². The molecule has 0 radical (unpaired) electrons. The van der Waals surface area contributed by atoms with Crippen molar-refractivity contribution in [1.29, 1.82) is 0 Å². The largest absolute Gasteiger partial charge is 0.353 e. The van der Waals surface area contributed by atoms with Crippen LogP contribution in [-0.2, 0) is 0 Å². The number of fused-ring (bicyclic) bond motifs is 1. The van der Waals surface area contributed by atoms with Gasteiger partial charge in [-0.1, -0.05) is 12.1 Å². The van der Waals surface area contributed by atoms with Gasteiger partial charge in [0, 0.05) is 37.3 Å². The van der Waals surface area contributed by atoms with Crippen LogP contribution in [0.1, 0.15) is 0 Å². The van der Waals surface area contributed by atoms with Crippen LogP contribution in [0.2, 0.25) is 0 Å². The molecule has 0 bridgehead atoms. The second-order valence-corrected chi connectivity index (χ2v) is 6.31. The Kier molecular flexibility index (Phi) is 5.54. The monoisotopic (exact) mass is 373 g/mol. The van der Waals surface area contributed by atoms with Gasteiger partial charge in [-0.05, 0) is 43.4 Å². The summed E-state index contributed by atoms with van der Waals surface area (Å²) in [6.45, 7) is 3.90. The lowest BCUT2D eigenvalue weighted by Gasteiger charge is -2.33. The minimum absolute atomic E-state index is 0. The van der Waals surface area contributed by atoms with Crippen LogP contribution >= 0.6 is 12.4 Å². The Morgan fingerprint density at radius 3 is 2.35 bits per heavy atom. The van der Waals surface area contributed by atoms with Crippen molar-refractivity contribution in [3.8, 4) is 0 Å². The van der Waals surface area contributed by atoms with Gasteiger partial charge in [0.2, 0.25) is 5.95 Å². The molecule has 1 fully saturated rings. The number of aromatic nitrogens is 2. The van der Waals surface area contributed by atoms with Gasteiger partial charge in [0.05, 0.1) is 5.52 Å². The van der Waals surface area contributed by atoms with Crippen molar-refractivity contribution in [2.24, 2.45) is 0 Å². The van der Waals surface area contributed by atoms with Gasteiger partial charge in [0.25, 0.3) is 0 Å². The van der Waals surface area contributed by atoms with Gasteiger partial charge in [-0.2, -0.15) is 4.98 Å². The number of anilines is 3. The predicted octanol–water partition coefficient (Wildman–Crippen LogP) is 3.69. The average Bonchev–Trinajstić information content (AvgIpc) is 2.64. The number of nitrogens with one attached hydrogen (secondary N) is 1. The smallest absolute Gasteiger partial charge is 0.229 e. The molecule has 1 aromatic heterocycles. The maximum atomic E-state index is 13.1. The Hall–Kier alpha value is -2.44. The lowest BCUT2D eigenvalue weighted by Crippen LogP contribution is -2.45. The van der Waals surface area contributed by atoms with E-state index in [0.29, 0.717) is 5.95 Å². The maximum Gasteiger partial charge on any atom is 0.229 e. The number of hydrogen-bond donors (Lipinski definition) is 1. The molecule has 7 heteroatoms. The summed E-state index contributed by atoms with van der Waals surface area (Å²) >= 11 is 0. The molecule has 136 valence electrons. The molecule has 2 aromatic carbocycles. The average molecular weight is 374 g/mol. The summed E-state index contributed by atoms with van der Waals surface area (Å²) < 4.78 is 13.1. The van der Waals surface area contributed by atoms with Crippen molar-refractivity contribution in [3.63, 3.8) is 0 Å². The number of rotatable bonds is 3. The molecule has 1 saturated heterocycles. The van der Waals surface area contributed by atoms with Crippen molar-refractivity contribution in [2.75, 3.05) is 43.4 Å². The van der Waals surface area contributed by atoms with Crippen molar-refractivity contribution >= 4 is 40.8 Å². The Bertz CT molecular complexity index is 879. The van der Waals surface area contributed by atoms with Crippen LogP contribution in [0, 0.1) is 5.82 Å². The predicted molar refractivity (Wildman–Crippen MR) is 106 cm³/mol. The quantitative estimate of drug-likeness (QED) is 0.758. The molecule has 4 rings (SSSR count). The van der Waals surface area contributed by atoms with Crippen molar-refractivity contribution in [3.05, 3.63) is 54.3 Å². The fourth-order valence-corrected chi connectivity index (χ4v) is 3.04. The first-order valence-electron chi connectivity index (χ1n) is 8.42. The van der Waals surface area contributed by atoms with Crippen LogP contribution < -0.4 is 10.2 Å². The van der Waals surface area contributed by atoms with Gasteiger partial charge in [0.1, 0.15) is 11.6 Å². The Morgan fingerprint density at radius 2 is 1.62 bits per heavy atom. The van der Waals surface area contributed by atoms with Crippen LogP contribution in [0.15, 0.2) is 48.5 Å². The van der Waals surface area contributed by atoms with E-state index in [2.05, 4.69) is 33.2 Å². The van der Waals surface area contributed by atoms with E-state index >= 15 is 0 Å². The number of benzene rings is 2. The summed E-state index contributed by atoms with van der Waals surface area (Å²) in [6, 6.07) is 14.3. The SMILES string of the molecule is CN1CCN(c2nc(Nc3ccc(F)cc3)nc3ccccc23)CC1.Cl. The van der Waals surface area contributed by atoms with Gasteiger partial charge < -0.3 is 15.1 Å². The van der Waals surface area contributed by atoms with E-state index in [4.69, 9.17) is 4.98 Å². The molecule has 0 unspecified atom stereocenters. The number of likely N-dealkylation sites (N-methyl/N-ethyl adjacent to an activating group) is 1. The number of nitrogens with zero attached hydrogens (tertiary/aromatic N) is 4. The molecule has 26 heavy (non-hydrogen) atoms. The van der Waals surface area contributed by atoms with E-state index < -0.39 is 0 Å². The van der Waals surface area contributed by atoms with Crippen molar-refractivity contribution in [2.45, 2.75) is 0 Å². The molecule has 1 N–H and O–H groups in total. The highest BCUT2D eigenvalue weighted by Crippen LogP contribution is 2.27.